The van der Waals surface area contributed by atoms with Gasteiger partial charge in [0, 0.05) is 23.0 Å². The molecule has 0 atom stereocenters. The van der Waals surface area contributed by atoms with Crippen molar-refractivity contribution in [2.24, 2.45) is 0 Å². The quantitative estimate of drug-likeness (QED) is 0.741. The van der Waals surface area contributed by atoms with Crippen LogP contribution in [-0.4, -0.2) is 35.0 Å². The number of thioether (sulfide) groups is 1. The van der Waals surface area contributed by atoms with Crippen LogP contribution in [0.5, 0.6) is 0 Å². The fraction of sp³-hybridized carbons (Fsp3) is 0.167. The Kier molecular flexibility index (Phi) is 6.13. The second-order valence-electron chi connectivity index (χ2n) is 5.49. The van der Waals surface area contributed by atoms with Gasteiger partial charge in [-0.3, -0.25) is 19.3 Å². The smallest absolute Gasteiger partial charge is 0.293 e. The van der Waals surface area contributed by atoms with Gasteiger partial charge in [0.1, 0.15) is 0 Å². The molecule has 0 aliphatic carbocycles. The monoisotopic (exact) mass is 406 g/mol. The number of amides is 3. The molecule has 0 unspecified atom stereocenters. The Morgan fingerprint density at radius 1 is 1.19 bits per heavy atom. The summed E-state index contributed by atoms with van der Waals surface area (Å²) in [6.07, 6.45) is 1.96. The summed E-state index contributed by atoms with van der Waals surface area (Å²) < 4.78 is 0. The molecule has 1 N–H and O–H groups in total. The summed E-state index contributed by atoms with van der Waals surface area (Å²) in [6, 6.07) is 10.8. The molecule has 134 valence electrons. The Morgan fingerprint density at radius 2 is 1.96 bits per heavy atom. The average molecular weight is 407 g/mol. The summed E-state index contributed by atoms with van der Waals surface area (Å²) in [4.78, 5) is 38.8. The van der Waals surface area contributed by atoms with E-state index in [2.05, 4.69) is 5.32 Å². The molecule has 1 fully saturated rings. The van der Waals surface area contributed by atoms with Crippen molar-refractivity contribution >= 4 is 57.8 Å². The predicted octanol–water partition coefficient (Wildman–Crippen LogP) is 3.80. The topological polar surface area (TPSA) is 66.5 Å². The Hall–Kier alpha value is -2.09. The first-order valence-electron chi connectivity index (χ1n) is 7.83. The van der Waals surface area contributed by atoms with Crippen LogP contribution in [-0.2, 0) is 16.0 Å². The van der Waals surface area contributed by atoms with Crippen LogP contribution in [0.25, 0.3) is 6.08 Å². The molecular formula is C18H15ClN2O3S2. The van der Waals surface area contributed by atoms with Gasteiger partial charge >= 0.3 is 0 Å². The molecule has 0 spiro atoms. The third-order valence-electron chi connectivity index (χ3n) is 3.61. The molecule has 1 aliphatic rings. The van der Waals surface area contributed by atoms with Crippen molar-refractivity contribution in [1.82, 2.24) is 10.2 Å². The van der Waals surface area contributed by atoms with E-state index in [1.165, 1.54) is 11.3 Å². The van der Waals surface area contributed by atoms with Crippen LogP contribution in [0.3, 0.4) is 0 Å². The molecule has 2 aromatic rings. The van der Waals surface area contributed by atoms with Gasteiger partial charge in [0.2, 0.25) is 5.91 Å². The fourth-order valence-corrected chi connectivity index (χ4v) is 4.04. The molecule has 0 saturated carbocycles. The predicted molar refractivity (Wildman–Crippen MR) is 105 cm³/mol. The molecule has 1 aromatic heterocycles. The fourth-order valence-electron chi connectivity index (χ4n) is 2.34. The zero-order valence-electron chi connectivity index (χ0n) is 13.6. The Bertz CT molecular complexity index is 848. The highest BCUT2D eigenvalue weighted by atomic mass is 35.5. The zero-order valence-corrected chi connectivity index (χ0v) is 16.0. The number of nitrogens with zero attached hydrogens (tertiary/aromatic N) is 1. The highest BCUT2D eigenvalue weighted by Gasteiger charge is 2.34. The van der Waals surface area contributed by atoms with Crippen molar-refractivity contribution in [3.05, 3.63) is 62.1 Å². The van der Waals surface area contributed by atoms with Crippen LogP contribution >= 0.6 is 34.7 Å². The van der Waals surface area contributed by atoms with E-state index in [9.17, 15) is 14.4 Å². The minimum absolute atomic E-state index is 0.129. The van der Waals surface area contributed by atoms with E-state index in [4.69, 9.17) is 11.6 Å². The number of halogens is 1. The van der Waals surface area contributed by atoms with Crippen molar-refractivity contribution in [3.63, 3.8) is 0 Å². The lowest BCUT2D eigenvalue weighted by Gasteiger charge is -2.12. The van der Waals surface area contributed by atoms with Crippen molar-refractivity contribution in [2.75, 3.05) is 13.1 Å². The summed E-state index contributed by atoms with van der Waals surface area (Å²) in [5.74, 6) is -0.474. The van der Waals surface area contributed by atoms with Gasteiger partial charge in [0.15, 0.2) is 0 Å². The Morgan fingerprint density at radius 3 is 2.65 bits per heavy atom. The largest absolute Gasteiger partial charge is 0.354 e. The summed E-state index contributed by atoms with van der Waals surface area (Å²) in [5.41, 5.74) is 0.796. The van der Waals surface area contributed by atoms with Crippen molar-refractivity contribution < 1.29 is 14.4 Å². The van der Waals surface area contributed by atoms with Crippen LogP contribution in [0.4, 0.5) is 4.79 Å². The molecule has 5 nitrogen and oxygen atoms in total. The molecule has 0 bridgehead atoms. The number of carbonyl (C=O) groups is 3. The minimum atomic E-state index is -0.345. The standard InChI is InChI=1S/C18H15ClN2O3S2/c19-13-5-3-12(4-6-13)10-15-17(23)21(18(24)26-15)8-7-20-16(22)11-14-2-1-9-25-14/h1-6,9-10H,7-8,11H2,(H,20,22)/b15-10-. The molecule has 2 heterocycles. The van der Waals surface area contributed by atoms with Gasteiger partial charge in [0.25, 0.3) is 11.1 Å². The first-order valence-corrected chi connectivity index (χ1v) is 9.90. The summed E-state index contributed by atoms with van der Waals surface area (Å²) in [7, 11) is 0. The second kappa shape index (κ2) is 8.53. The van der Waals surface area contributed by atoms with Gasteiger partial charge in [-0.25, -0.2) is 0 Å². The van der Waals surface area contributed by atoms with Gasteiger partial charge in [-0.05, 0) is 47.0 Å². The SMILES string of the molecule is O=C(Cc1cccs1)NCCN1C(=O)S/C(=C\c2ccc(Cl)cc2)C1=O. The zero-order chi connectivity index (χ0) is 18.5. The summed E-state index contributed by atoms with van der Waals surface area (Å²) in [5, 5.41) is 4.92. The number of hydrogen-bond donors (Lipinski definition) is 1. The first-order chi connectivity index (χ1) is 12.5. The van der Waals surface area contributed by atoms with Crippen LogP contribution in [0.15, 0.2) is 46.7 Å². The first kappa shape index (κ1) is 18.7. The molecule has 3 amide bonds. The van der Waals surface area contributed by atoms with Crippen molar-refractivity contribution in [1.29, 1.82) is 0 Å². The molecule has 1 aromatic carbocycles. The van der Waals surface area contributed by atoms with Crippen LogP contribution < -0.4 is 5.32 Å². The van der Waals surface area contributed by atoms with Gasteiger partial charge in [-0.15, -0.1) is 11.3 Å². The number of benzene rings is 1. The molecule has 26 heavy (non-hydrogen) atoms. The maximum Gasteiger partial charge on any atom is 0.293 e. The number of imide groups is 1. The number of carbonyl (C=O) groups excluding carboxylic acids is 3. The molecule has 8 heteroatoms. The Labute approximate surface area is 164 Å². The minimum Gasteiger partial charge on any atom is -0.354 e. The van der Waals surface area contributed by atoms with E-state index < -0.39 is 0 Å². The number of thiophene rings is 1. The highest BCUT2D eigenvalue weighted by Crippen LogP contribution is 2.32. The highest BCUT2D eigenvalue weighted by molar-refractivity contribution is 8.18. The van der Waals surface area contributed by atoms with Gasteiger partial charge in [0.05, 0.1) is 11.3 Å². The molecule has 3 rings (SSSR count). The van der Waals surface area contributed by atoms with Gasteiger partial charge in [-0.1, -0.05) is 29.8 Å². The lowest BCUT2D eigenvalue weighted by Crippen LogP contribution is -2.37. The lowest BCUT2D eigenvalue weighted by atomic mass is 10.2. The van der Waals surface area contributed by atoms with E-state index in [-0.39, 0.29) is 30.1 Å². The van der Waals surface area contributed by atoms with Crippen LogP contribution in [0.2, 0.25) is 5.02 Å². The van der Waals surface area contributed by atoms with E-state index in [0.29, 0.717) is 16.3 Å². The molecule has 1 aliphatic heterocycles. The van der Waals surface area contributed by atoms with E-state index >= 15 is 0 Å². The lowest BCUT2D eigenvalue weighted by molar-refractivity contribution is -0.124. The summed E-state index contributed by atoms with van der Waals surface area (Å²) in [6.45, 7) is 0.384. The molecule has 1 saturated heterocycles. The number of hydrogen-bond acceptors (Lipinski definition) is 5. The van der Waals surface area contributed by atoms with Crippen molar-refractivity contribution in [2.45, 2.75) is 6.42 Å². The average Bonchev–Trinajstić information content (AvgIpc) is 3.20. The van der Waals surface area contributed by atoms with Crippen molar-refractivity contribution in [3.8, 4) is 0 Å². The van der Waals surface area contributed by atoms with Gasteiger partial charge < -0.3 is 5.32 Å². The van der Waals surface area contributed by atoms with E-state index in [1.807, 2.05) is 17.5 Å². The van der Waals surface area contributed by atoms with E-state index in [0.717, 1.165) is 27.1 Å². The molecular weight excluding hydrogens is 392 g/mol. The maximum atomic E-state index is 12.4. The third-order valence-corrected chi connectivity index (χ3v) is 5.65. The van der Waals surface area contributed by atoms with Crippen LogP contribution in [0.1, 0.15) is 10.4 Å². The Balaban J connectivity index is 1.54. The second-order valence-corrected chi connectivity index (χ2v) is 7.95. The van der Waals surface area contributed by atoms with Crippen LogP contribution in [0, 0.1) is 0 Å². The third kappa shape index (κ3) is 4.75. The van der Waals surface area contributed by atoms with E-state index in [1.54, 1.807) is 30.3 Å². The van der Waals surface area contributed by atoms with Gasteiger partial charge in [-0.2, -0.15) is 0 Å². The molecule has 0 radical (unpaired) electrons. The maximum absolute atomic E-state index is 12.4. The normalized spacial score (nSPS) is 15.7. The number of nitrogens with one attached hydrogen (secondary N) is 1. The number of rotatable bonds is 6. The summed E-state index contributed by atoms with van der Waals surface area (Å²) >= 11 is 8.25.